The lowest BCUT2D eigenvalue weighted by atomic mass is 10.2. The maximum atomic E-state index is 2.51. The molecule has 0 saturated carbocycles. The average Bonchev–Trinajstić information content (AvgIpc) is 1.87. The lowest BCUT2D eigenvalue weighted by molar-refractivity contribution is 0.102. The fraction of sp³-hybridized carbons (Fsp3) is 1.00. The van der Waals surface area contributed by atoms with E-state index in [4.69, 9.17) is 0 Å². The van der Waals surface area contributed by atoms with Crippen LogP contribution in [0.25, 0.3) is 0 Å². The SMILES string of the molecule is CCCC(I)(N(C)C)N(C)C. The van der Waals surface area contributed by atoms with E-state index in [2.05, 4.69) is 67.5 Å². The minimum atomic E-state index is 0.187. The van der Waals surface area contributed by atoms with Crippen molar-refractivity contribution in [3.05, 3.63) is 0 Å². The van der Waals surface area contributed by atoms with E-state index in [-0.39, 0.29) is 3.67 Å². The average molecular weight is 270 g/mol. The minimum absolute atomic E-state index is 0.187. The van der Waals surface area contributed by atoms with E-state index in [1.807, 2.05) is 0 Å². The molecule has 0 aromatic rings. The van der Waals surface area contributed by atoms with Gasteiger partial charge in [-0.25, -0.2) is 0 Å². The highest BCUT2D eigenvalue weighted by Crippen LogP contribution is 2.28. The minimum Gasteiger partial charge on any atom is -0.283 e. The Hall–Kier alpha value is 0.650. The summed E-state index contributed by atoms with van der Waals surface area (Å²) in [5, 5.41) is 0. The number of nitrogens with zero attached hydrogens (tertiary/aromatic N) is 2. The molecule has 3 heteroatoms. The third kappa shape index (κ3) is 2.87. The van der Waals surface area contributed by atoms with Gasteiger partial charge in [0.15, 0.2) is 0 Å². The fourth-order valence-electron chi connectivity index (χ4n) is 1.17. The molecule has 0 saturated heterocycles. The Kier molecular flexibility index (Phi) is 4.89. The second-order valence-electron chi connectivity index (χ2n) is 3.26. The standard InChI is InChI=1S/C8H19IN2/c1-6-7-8(9,10(2)3)11(4)5/h6-7H2,1-5H3. The van der Waals surface area contributed by atoms with Crippen molar-refractivity contribution in [1.29, 1.82) is 0 Å². The third-order valence-electron chi connectivity index (χ3n) is 1.94. The molecular weight excluding hydrogens is 251 g/mol. The van der Waals surface area contributed by atoms with Gasteiger partial charge >= 0.3 is 0 Å². The van der Waals surface area contributed by atoms with E-state index in [1.165, 1.54) is 12.8 Å². The van der Waals surface area contributed by atoms with Crippen LogP contribution in [0.5, 0.6) is 0 Å². The summed E-state index contributed by atoms with van der Waals surface area (Å²) in [5.41, 5.74) is 0. The Morgan fingerprint density at radius 2 is 1.45 bits per heavy atom. The topological polar surface area (TPSA) is 6.48 Å². The van der Waals surface area contributed by atoms with Gasteiger partial charge in [0.2, 0.25) is 0 Å². The van der Waals surface area contributed by atoms with Gasteiger partial charge in [-0.15, -0.1) is 0 Å². The molecule has 0 unspecified atom stereocenters. The first kappa shape index (κ1) is 11.6. The van der Waals surface area contributed by atoms with Crippen LogP contribution in [0.15, 0.2) is 0 Å². The van der Waals surface area contributed by atoms with E-state index in [0.717, 1.165) is 0 Å². The Balaban J connectivity index is 4.26. The maximum Gasteiger partial charge on any atom is 0.126 e. The molecule has 68 valence electrons. The van der Waals surface area contributed by atoms with Crippen LogP contribution in [-0.2, 0) is 0 Å². The molecule has 2 nitrogen and oxygen atoms in total. The summed E-state index contributed by atoms with van der Waals surface area (Å²) >= 11 is 2.51. The van der Waals surface area contributed by atoms with Crippen LogP contribution < -0.4 is 0 Å². The highest BCUT2D eigenvalue weighted by molar-refractivity contribution is 14.1. The molecule has 0 amide bonds. The predicted molar refractivity (Wildman–Crippen MR) is 59.0 cm³/mol. The van der Waals surface area contributed by atoms with Gasteiger partial charge in [0.1, 0.15) is 3.67 Å². The Bertz CT molecular complexity index is 105. The number of rotatable bonds is 4. The largest absolute Gasteiger partial charge is 0.283 e. The number of hydrogen-bond acceptors (Lipinski definition) is 2. The van der Waals surface area contributed by atoms with Crippen molar-refractivity contribution in [2.45, 2.75) is 23.4 Å². The van der Waals surface area contributed by atoms with Crippen LogP contribution >= 0.6 is 22.6 Å². The van der Waals surface area contributed by atoms with Crippen LogP contribution in [0.2, 0.25) is 0 Å². The smallest absolute Gasteiger partial charge is 0.126 e. The first-order valence-electron chi connectivity index (χ1n) is 3.99. The highest BCUT2D eigenvalue weighted by Gasteiger charge is 2.29. The van der Waals surface area contributed by atoms with Crippen molar-refractivity contribution in [1.82, 2.24) is 9.80 Å². The molecule has 0 aromatic carbocycles. The van der Waals surface area contributed by atoms with Gasteiger partial charge in [-0.1, -0.05) is 13.3 Å². The van der Waals surface area contributed by atoms with Gasteiger partial charge in [0.25, 0.3) is 0 Å². The van der Waals surface area contributed by atoms with Gasteiger partial charge in [0.05, 0.1) is 0 Å². The summed E-state index contributed by atoms with van der Waals surface area (Å²) in [6, 6.07) is 0. The lowest BCUT2D eigenvalue weighted by Crippen LogP contribution is -2.49. The van der Waals surface area contributed by atoms with Gasteiger partial charge in [-0.3, -0.25) is 9.80 Å². The van der Waals surface area contributed by atoms with Crippen LogP contribution in [0, 0.1) is 0 Å². The van der Waals surface area contributed by atoms with Crippen molar-refractivity contribution in [3.8, 4) is 0 Å². The molecule has 0 aliphatic carbocycles. The molecule has 0 aromatic heterocycles. The first-order chi connectivity index (χ1) is 4.95. The molecule has 0 N–H and O–H groups in total. The van der Waals surface area contributed by atoms with Gasteiger partial charge in [-0.2, -0.15) is 0 Å². The second-order valence-corrected chi connectivity index (χ2v) is 4.99. The normalized spacial score (nSPS) is 13.1. The molecule has 0 radical (unpaired) electrons. The van der Waals surface area contributed by atoms with Crippen molar-refractivity contribution >= 4 is 22.6 Å². The van der Waals surface area contributed by atoms with Crippen LogP contribution in [-0.4, -0.2) is 41.7 Å². The Labute approximate surface area is 84.1 Å². The summed E-state index contributed by atoms with van der Waals surface area (Å²) in [6.07, 6.45) is 2.42. The Morgan fingerprint density at radius 1 is 1.09 bits per heavy atom. The molecule has 0 bridgehead atoms. The van der Waals surface area contributed by atoms with Gasteiger partial charge < -0.3 is 0 Å². The summed E-state index contributed by atoms with van der Waals surface area (Å²) in [4.78, 5) is 4.52. The van der Waals surface area contributed by atoms with Crippen LogP contribution in [0.3, 0.4) is 0 Å². The van der Waals surface area contributed by atoms with E-state index in [0.29, 0.717) is 0 Å². The lowest BCUT2D eigenvalue weighted by Gasteiger charge is -2.40. The molecule has 0 heterocycles. The molecule has 0 aliphatic rings. The van der Waals surface area contributed by atoms with Crippen molar-refractivity contribution < 1.29 is 0 Å². The molecule has 0 fully saturated rings. The van der Waals surface area contributed by atoms with E-state index < -0.39 is 0 Å². The van der Waals surface area contributed by atoms with Gasteiger partial charge in [0, 0.05) is 0 Å². The van der Waals surface area contributed by atoms with E-state index >= 15 is 0 Å². The zero-order chi connectivity index (χ0) is 9.07. The fourth-order valence-corrected chi connectivity index (χ4v) is 1.70. The number of alkyl halides is 1. The zero-order valence-corrected chi connectivity index (χ0v) is 10.3. The second kappa shape index (κ2) is 4.62. The summed E-state index contributed by atoms with van der Waals surface area (Å²) < 4.78 is 0.187. The molecule has 11 heavy (non-hydrogen) atoms. The monoisotopic (exact) mass is 270 g/mol. The maximum absolute atomic E-state index is 2.51. The molecule has 0 rings (SSSR count). The van der Waals surface area contributed by atoms with Crippen LogP contribution in [0.1, 0.15) is 19.8 Å². The van der Waals surface area contributed by atoms with E-state index in [9.17, 15) is 0 Å². The summed E-state index contributed by atoms with van der Waals surface area (Å²) in [6.45, 7) is 2.22. The number of halogens is 1. The van der Waals surface area contributed by atoms with E-state index in [1.54, 1.807) is 0 Å². The zero-order valence-electron chi connectivity index (χ0n) is 8.19. The van der Waals surface area contributed by atoms with Gasteiger partial charge in [-0.05, 0) is 57.2 Å². The molecule has 0 atom stereocenters. The predicted octanol–water partition coefficient (Wildman–Crippen LogP) is 2.00. The molecule has 0 aliphatic heterocycles. The van der Waals surface area contributed by atoms with Crippen LogP contribution in [0.4, 0.5) is 0 Å². The summed E-state index contributed by atoms with van der Waals surface area (Å²) in [5.74, 6) is 0. The van der Waals surface area contributed by atoms with Crippen molar-refractivity contribution in [2.24, 2.45) is 0 Å². The highest BCUT2D eigenvalue weighted by atomic mass is 127. The third-order valence-corrected chi connectivity index (χ3v) is 4.41. The Morgan fingerprint density at radius 3 is 1.55 bits per heavy atom. The molecular formula is C8H19IN2. The van der Waals surface area contributed by atoms with Crippen molar-refractivity contribution in [3.63, 3.8) is 0 Å². The quantitative estimate of drug-likeness (QED) is 0.334. The van der Waals surface area contributed by atoms with Crippen molar-refractivity contribution in [2.75, 3.05) is 28.2 Å². The summed E-state index contributed by atoms with van der Waals surface area (Å²) in [7, 11) is 8.51. The first-order valence-corrected chi connectivity index (χ1v) is 5.06. The molecule has 0 spiro atoms. The number of hydrogen-bond donors (Lipinski definition) is 0.